The van der Waals surface area contributed by atoms with Crippen molar-refractivity contribution in [2.24, 2.45) is 11.8 Å². The highest BCUT2D eigenvalue weighted by Gasteiger charge is 2.42. The minimum Gasteiger partial charge on any atom is -0.466 e. The van der Waals surface area contributed by atoms with E-state index in [-0.39, 0.29) is 42.1 Å². The lowest BCUT2D eigenvalue weighted by Gasteiger charge is -2.39. The van der Waals surface area contributed by atoms with Crippen LogP contribution in [-0.4, -0.2) is 85.5 Å². The van der Waals surface area contributed by atoms with Crippen LogP contribution in [0, 0.1) is 11.8 Å². The summed E-state index contributed by atoms with van der Waals surface area (Å²) in [5.41, 5.74) is 0.838. The molecule has 2 fully saturated rings. The van der Waals surface area contributed by atoms with Crippen LogP contribution in [0.25, 0.3) is 0 Å². The maximum atomic E-state index is 13.5. The molecule has 2 saturated heterocycles. The van der Waals surface area contributed by atoms with E-state index in [9.17, 15) is 19.2 Å². The molecule has 1 aromatic carbocycles. The first kappa shape index (κ1) is 26.1. The number of anilines is 1. The Hall–Kier alpha value is -2.94. The van der Waals surface area contributed by atoms with Crippen molar-refractivity contribution in [1.82, 2.24) is 9.80 Å². The molecular weight excluding hydrogens is 462 g/mol. The van der Waals surface area contributed by atoms with Gasteiger partial charge in [-0.1, -0.05) is 6.07 Å². The standard InChI is InChI=1S/C27H37N3O6/c1-5-36-26(34)19-10-8-14-29(16-19)23(31)18-9-7-13-28(15-18)21-12-6-11-20-22(21)25(33)30(24(20)32)17-27(2,3)35-4/h6,11-12,18-19H,5,7-10,13-17H2,1-4H3/t18-,19+/m0/s1. The Morgan fingerprint density at radius 1 is 1.03 bits per heavy atom. The van der Waals surface area contributed by atoms with Gasteiger partial charge in [-0.3, -0.25) is 24.1 Å². The Morgan fingerprint density at radius 3 is 2.47 bits per heavy atom. The molecular formula is C27H37N3O6. The van der Waals surface area contributed by atoms with Crippen molar-refractivity contribution in [3.05, 3.63) is 29.3 Å². The highest BCUT2D eigenvalue weighted by Crippen LogP contribution is 2.35. The second-order valence-corrected chi connectivity index (χ2v) is 10.5. The predicted octanol–water partition coefficient (Wildman–Crippen LogP) is 2.73. The van der Waals surface area contributed by atoms with Gasteiger partial charge < -0.3 is 19.3 Å². The number of amides is 3. The first-order valence-corrected chi connectivity index (χ1v) is 12.9. The van der Waals surface area contributed by atoms with Crippen molar-refractivity contribution in [3.63, 3.8) is 0 Å². The zero-order valence-corrected chi connectivity index (χ0v) is 21.7. The molecule has 4 rings (SSSR count). The molecule has 3 aliphatic rings. The molecule has 0 spiro atoms. The Bertz CT molecular complexity index is 1040. The molecule has 0 aliphatic carbocycles. The molecule has 9 heteroatoms. The van der Waals surface area contributed by atoms with Crippen molar-refractivity contribution in [2.75, 3.05) is 51.3 Å². The summed E-state index contributed by atoms with van der Waals surface area (Å²) in [6, 6.07) is 5.35. The summed E-state index contributed by atoms with van der Waals surface area (Å²) in [6.07, 6.45) is 3.08. The van der Waals surface area contributed by atoms with Crippen LogP contribution in [0.5, 0.6) is 0 Å². The fourth-order valence-electron chi connectivity index (χ4n) is 5.45. The number of fused-ring (bicyclic) bond motifs is 1. The van der Waals surface area contributed by atoms with E-state index in [2.05, 4.69) is 4.90 Å². The van der Waals surface area contributed by atoms with E-state index in [0.717, 1.165) is 25.7 Å². The molecule has 1 aromatic rings. The molecule has 0 unspecified atom stereocenters. The average Bonchev–Trinajstić information content (AvgIpc) is 3.13. The largest absolute Gasteiger partial charge is 0.466 e. The Morgan fingerprint density at radius 2 is 1.75 bits per heavy atom. The summed E-state index contributed by atoms with van der Waals surface area (Å²) in [5, 5.41) is 0. The number of ether oxygens (including phenoxy) is 2. The molecule has 9 nitrogen and oxygen atoms in total. The molecule has 36 heavy (non-hydrogen) atoms. The molecule has 0 N–H and O–H groups in total. The van der Waals surface area contributed by atoms with Crippen LogP contribution in [0.15, 0.2) is 18.2 Å². The van der Waals surface area contributed by atoms with E-state index in [0.29, 0.717) is 49.6 Å². The van der Waals surface area contributed by atoms with Crippen molar-refractivity contribution in [1.29, 1.82) is 0 Å². The number of piperidine rings is 2. The highest BCUT2D eigenvalue weighted by atomic mass is 16.5. The molecule has 0 radical (unpaired) electrons. The van der Waals surface area contributed by atoms with E-state index in [1.807, 2.05) is 19.9 Å². The van der Waals surface area contributed by atoms with Gasteiger partial charge in [0, 0.05) is 33.3 Å². The van der Waals surface area contributed by atoms with Crippen molar-refractivity contribution < 1.29 is 28.7 Å². The minimum atomic E-state index is -0.661. The molecule has 3 heterocycles. The van der Waals surface area contributed by atoms with Gasteiger partial charge in [0.15, 0.2) is 0 Å². The van der Waals surface area contributed by atoms with Crippen LogP contribution >= 0.6 is 0 Å². The summed E-state index contributed by atoms with van der Waals surface area (Å²) in [7, 11) is 1.56. The lowest BCUT2D eigenvalue weighted by atomic mass is 9.92. The lowest BCUT2D eigenvalue weighted by Crippen LogP contribution is -2.49. The third kappa shape index (κ3) is 5.12. The van der Waals surface area contributed by atoms with Crippen LogP contribution in [0.4, 0.5) is 5.69 Å². The van der Waals surface area contributed by atoms with Gasteiger partial charge in [0.25, 0.3) is 11.8 Å². The Balaban J connectivity index is 1.50. The molecule has 3 amide bonds. The summed E-state index contributed by atoms with van der Waals surface area (Å²) >= 11 is 0. The van der Waals surface area contributed by atoms with Gasteiger partial charge in [-0.2, -0.15) is 0 Å². The average molecular weight is 500 g/mol. The number of nitrogens with zero attached hydrogens (tertiary/aromatic N) is 3. The number of benzene rings is 1. The fourth-order valence-corrected chi connectivity index (χ4v) is 5.45. The van der Waals surface area contributed by atoms with Crippen molar-refractivity contribution >= 4 is 29.4 Å². The predicted molar refractivity (Wildman–Crippen MR) is 134 cm³/mol. The van der Waals surface area contributed by atoms with Crippen LogP contribution in [0.1, 0.15) is 67.2 Å². The zero-order chi connectivity index (χ0) is 26.0. The lowest BCUT2D eigenvalue weighted by molar-refractivity contribution is -0.152. The fraction of sp³-hybridized carbons (Fsp3) is 0.630. The zero-order valence-electron chi connectivity index (χ0n) is 21.7. The Kier molecular flexibility index (Phi) is 7.68. The van der Waals surface area contributed by atoms with Gasteiger partial charge in [0.05, 0.1) is 47.4 Å². The van der Waals surface area contributed by atoms with Crippen LogP contribution in [0.3, 0.4) is 0 Å². The summed E-state index contributed by atoms with van der Waals surface area (Å²) in [5.74, 6) is -1.32. The van der Waals surface area contributed by atoms with Gasteiger partial charge in [0.1, 0.15) is 0 Å². The van der Waals surface area contributed by atoms with Crippen LogP contribution in [0.2, 0.25) is 0 Å². The number of esters is 1. The Labute approximate surface area is 212 Å². The number of likely N-dealkylation sites (tertiary alicyclic amines) is 1. The molecule has 0 aromatic heterocycles. The number of carbonyl (C=O) groups is 4. The first-order chi connectivity index (χ1) is 17.2. The molecule has 196 valence electrons. The molecule has 0 bridgehead atoms. The molecule has 2 atom stereocenters. The van der Waals surface area contributed by atoms with Crippen molar-refractivity contribution in [2.45, 2.75) is 52.1 Å². The maximum absolute atomic E-state index is 13.5. The number of imide groups is 1. The summed E-state index contributed by atoms with van der Waals surface area (Å²) < 4.78 is 10.6. The van der Waals surface area contributed by atoms with Gasteiger partial charge in [-0.25, -0.2) is 0 Å². The van der Waals surface area contributed by atoms with Gasteiger partial charge >= 0.3 is 5.97 Å². The summed E-state index contributed by atoms with van der Waals surface area (Å²) in [6.45, 7) is 8.18. The van der Waals surface area contributed by atoms with Gasteiger partial charge in [-0.05, 0) is 58.6 Å². The number of hydrogen-bond acceptors (Lipinski definition) is 7. The number of hydrogen-bond donors (Lipinski definition) is 0. The van der Waals surface area contributed by atoms with Gasteiger partial charge in [0.2, 0.25) is 5.91 Å². The monoisotopic (exact) mass is 499 g/mol. The van der Waals surface area contributed by atoms with E-state index in [1.54, 1.807) is 31.1 Å². The molecule has 3 aliphatic heterocycles. The molecule has 0 saturated carbocycles. The van der Waals surface area contributed by atoms with E-state index >= 15 is 0 Å². The summed E-state index contributed by atoms with van der Waals surface area (Å²) in [4.78, 5) is 57.3. The second kappa shape index (κ2) is 10.6. The smallest absolute Gasteiger partial charge is 0.310 e. The maximum Gasteiger partial charge on any atom is 0.310 e. The van der Waals surface area contributed by atoms with E-state index < -0.39 is 5.60 Å². The number of rotatable bonds is 7. The van der Waals surface area contributed by atoms with Crippen LogP contribution < -0.4 is 4.90 Å². The van der Waals surface area contributed by atoms with E-state index in [4.69, 9.17) is 9.47 Å². The first-order valence-electron chi connectivity index (χ1n) is 12.9. The second-order valence-electron chi connectivity index (χ2n) is 10.5. The van der Waals surface area contributed by atoms with Gasteiger partial charge in [-0.15, -0.1) is 0 Å². The quantitative estimate of drug-likeness (QED) is 0.420. The minimum absolute atomic E-state index is 0.0483. The normalized spacial score (nSPS) is 22.6. The third-order valence-electron chi connectivity index (χ3n) is 7.53. The topological polar surface area (TPSA) is 96.5 Å². The van der Waals surface area contributed by atoms with E-state index in [1.165, 1.54) is 4.90 Å². The SMILES string of the molecule is CCOC(=O)[C@@H]1CCCN(C(=O)[C@H]2CCCN(c3cccc4c3C(=O)N(CC(C)(C)OC)C4=O)C2)C1. The third-order valence-corrected chi connectivity index (χ3v) is 7.53. The highest BCUT2D eigenvalue weighted by molar-refractivity contribution is 6.23. The van der Waals surface area contributed by atoms with Crippen molar-refractivity contribution in [3.8, 4) is 0 Å². The van der Waals surface area contributed by atoms with Crippen LogP contribution in [-0.2, 0) is 19.1 Å². The number of carbonyl (C=O) groups excluding carboxylic acids is 4. The number of methoxy groups -OCH3 is 1.